The van der Waals surface area contributed by atoms with Gasteiger partial charge in [-0.1, -0.05) is 88.9 Å². The van der Waals surface area contributed by atoms with Gasteiger partial charge in [0.15, 0.2) is 0 Å². The van der Waals surface area contributed by atoms with E-state index in [1.807, 2.05) is 11.8 Å². The first-order valence-electron chi connectivity index (χ1n) is 11.9. The molecule has 0 saturated heterocycles. The van der Waals surface area contributed by atoms with Gasteiger partial charge in [0, 0.05) is 17.2 Å². The molecule has 0 amide bonds. The van der Waals surface area contributed by atoms with Gasteiger partial charge in [0.05, 0.1) is 6.10 Å². The van der Waals surface area contributed by atoms with Crippen molar-refractivity contribution in [1.29, 1.82) is 0 Å². The van der Waals surface area contributed by atoms with E-state index >= 15 is 0 Å². The smallest absolute Gasteiger partial charge is 0.138 e. The summed E-state index contributed by atoms with van der Waals surface area (Å²) in [4.78, 5) is 15.8. The highest BCUT2D eigenvalue weighted by Gasteiger charge is 2.31. The van der Waals surface area contributed by atoms with Crippen molar-refractivity contribution in [2.45, 2.75) is 104 Å². The van der Waals surface area contributed by atoms with Crippen molar-refractivity contribution in [1.82, 2.24) is 0 Å². The van der Waals surface area contributed by atoms with E-state index in [1.54, 1.807) is 5.57 Å². The molecule has 0 aromatic carbocycles. The van der Waals surface area contributed by atoms with Gasteiger partial charge in [0.1, 0.15) is 5.78 Å². The Kier molecular flexibility index (Phi) is 10.8. The standard InChI is InChI=1S/C26H42O2S/c1-5-7-15-23(24(27)17-19(3)11-6-2)26(28)20(4)18-22-14-10-13-21-12-8-9-16-25(21)29-22/h9,14,16,19-20,23,26,28H,5-8,10-13,15,17-18H2,1-4H3. The fourth-order valence-corrected chi connectivity index (χ4v) is 5.97. The predicted octanol–water partition coefficient (Wildman–Crippen LogP) is 7.59. The summed E-state index contributed by atoms with van der Waals surface area (Å²) in [5.74, 6) is 0.602. The molecule has 164 valence electrons. The average molecular weight is 419 g/mol. The number of hydrogen-bond donors (Lipinski definition) is 1. The van der Waals surface area contributed by atoms with Gasteiger partial charge in [-0.05, 0) is 55.3 Å². The van der Waals surface area contributed by atoms with E-state index in [1.165, 1.54) is 29.1 Å². The molecule has 3 heteroatoms. The van der Waals surface area contributed by atoms with Crippen molar-refractivity contribution >= 4 is 17.5 Å². The van der Waals surface area contributed by atoms with Gasteiger partial charge >= 0.3 is 0 Å². The van der Waals surface area contributed by atoms with Crippen LogP contribution in [0.15, 0.2) is 33.6 Å². The molecule has 0 aromatic heterocycles. The van der Waals surface area contributed by atoms with E-state index in [-0.39, 0.29) is 17.6 Å². The number of aliphatic hydroxyl groups excluding tert-OH is 1. The maximum Gasteiger partial charge on any atom is 0.138 e. The number of aliphatic hydroxyl groups is 1. The number of thioether (sulfide) groups is 1. The maximum absolute atomic E-state index is 13.0. The number of rotatable bonds is 12. The molecule has 29 heavy (non-hydrogen) atoms. The van der Waals surface area contributed by atoms with E-state index in [2.05, 4.69) is 45.9 Å². The zero-order valence-corrected chi connectivity index (χ0v) is 19.9. The third-order valence-corrected chi connectivity index (χ3v) is 7.66. The molecule has 0 saturated carbocycles. The summed E-state index contributed by atoms with van der Waals surface area (Å²) >= 11 is 1.90. The number of carbonyl (C=O) groups is 1. The van der Waals surface area contributed by atoms with Crippen LogP contribution in [0, 0.1) is 17.8 Å². The second-order valence-corrected chi connectivity index (χ2v) is 10.4. The van der Waals surface area contributed by atoms with Crippen molar-refractivity contribution in [2.24, 2.45) is 17.8 Å². The second kappa shape index (κ2) is 12.8. The highest BCUT2D eigenvalue weighted by atomic mass is 32.2. The van der Waals surface area contributed by atoms with Gasteiger partial charge in [0.25, 0.3) is 0 Å². The van der Waals surface area contributed by atoms with Crippen LogP contribution in [0.3, 0.4) is 0 Å². The number of carbonyl (C=O) groups excluding carboxylic acids is 1. The van der Waals surface area contributed by atoms with Crippen LogP contribution < -0.4 is 0 Å². The SMILES string of the molecule is CCCCC(C(=O)CC(C)CCC)C(O)C(C)CC1=CCCC2=C(C=CCC2)S1. The lowest BCUT2D eigenvalue weighted by Gasteiger charge is -2.28. The molecular formula is C26H42O2S. The molecule has 1 aliphatic carbocycles. The summed E-state index contributed by atoms with van der Waals surface area (Å²) in [6.45, 7) is 8.63. The van der Waals surface area contributed by atoms with Gasteiger partial charge in [-0.25, -0.2) is 0 Å². The van der Waals surface area contributed by atoms with E-state index in [0.29, 0.717) is 12.3 Å². The van der Waals surface area contributed by atoms with Crippen LogP contribution in [-0.4, -0.2) is 17.0 Å². The fraction of sp³-hybridized carbons (Fsp3) is 0.731. The Labute approximate surface area is 183 Å². The van der Waals surface area contributed by atoms with E-state index in [9.17, 15) is 9.90 Å². The number of allylic oxidation sites excluding steroid dienone is 5. The number of Topliss-reactive ketones (excluding diaryl/α,β-unsaturated/α-hetero) is 1. The van der Waals surface area contributed by atoms with E-state index < -0.39 is 6.10 Å². The Bertz CT molecular complexity index is 616. The van der Waals surface area contributed by atoms with Crippen LogP contribution in [0.1, 0.15) is 98.3 Å². The molecule has 2 rings (SSSR count). The quantitative estimate of drug-likeness (QED) is 0.355. The minimum Gasteiger partial charge on any atom is -0.392 e. The summed E-state index contributed by atoms with van der Waals surface area (Å²) in [7, 11) is 0. The van der Waals surface area contributed by atoms with E-state index in [4.69, 9.17) is 0 Å². The molecule has 2 nitrogen and oxygen atoms in total. The van der Waals surface area contributed by atoms with Gasteiger partial charge in [-0.2, -0.15) is 0 Å². The van der Waals surface area contributed by atoms with Crippen LogP contribution in [0.2, 0.25) is 0 Å². The topological polar surface area (TPSA) is 37.3 Å². The molecular weight excluding hydrogens is 376 g/mol. The maximum atomic E-state index is 13.0. The number of ketones is 1. The molecule has 4 unspecified atom stereocenters. The highest BCUT2D eigenvalue weighted by molar-refractivity contribution is 8.06. The minimum atomic E-state index is -0.539. The Hall–Kier alpha value is -0.800. The lowest BCUT2D eigenvalue weighted by Crippen LogP contribution is -2.34. The first-order valence-corrected chi connectivity index (χ1v) is 12.7. The Morgan fingerprint density at radius 1 is 1.14 bits per heavy atom. The van der Waals surface area contributed by atoms with Crippen molar-refractivity contribution < 1.29 is 9.90 Å². The number of hydrogen-bond acceptors (Lipinski definition) is 3. The summed E-state index contributed by atoms with van der Waals surface area (Å²) < 4.78 is 0. The Morgan fingerprint density at radius 2 is 1.90 bits per heavy atom. The third-order valence-electron chi connectivity index (χ3n) is 6.42. The lowest BCUT2D eigenvalue weighted by molar-refractivity contribution is -0.129. The van der Waals surface area contributed by atoms with Crippen LogP contribution in [0.25, 0.3) is 0 Å². The largest absolute Gasteiger partial charge is 0.392 e. The van der Waals surface area contributed by atoms with Crippen molar-refractivity contribution in [3.63, 3.8) is 0 Å². The normalized spacial score (nSPS) is 21.1. The summed E-state index contributed by atoms with van der Waals surface area (Å²) in [6, 6.07) is 0. The van der Waals surface area contributed by atoms with Crippen LogP contribution in [-0.2, 0) is 4.79 Å². The second-order valence-electron chi connectivity index (χ2n) is 9.21. The third kappa shape index (κ3) is 7.75. The molecule has 0 spiro atoms. The predicted molar refractivity (Wildman–Crippen MR) is 127 cm³/mol. The lowest BCUT2D eigenvalue weighted by atomic mass is 9.81. The van der Waals surface area contributed by atoms with E-state index in [0.717, 1.165) is 44.9 Å². The molecule has 1 heterocycles. The van der Waals surface area contributed by atoms with Crippen LogP contribution in [0.4, 0.5) is 0 Å². The molecule has 1 aliphatic heterocycles. The molecule has 4 atom stereocenters. The Balaban J connectivity index is 2.00. The molecule has 1 N–H and O–H groups in total. The summed E-state index contributed by atoms with van der Waals surface area (Å²) in [5.41, 5.74) is 1.60. The van der Waals surface area contributed by atoms with Gasteiger partial charge in [-0.15, -0.1) is 0 Å². The Morgan fingerprint density at radius 3 is 2.62 bits per heavy atom. The number of unbranched alkanes of at least 4 members (excludes halogenated alkanes) is 1. The van der Waals surface area contributed by atoms with Crippen molar-refractivity contribution in [2.75, 3.05) is 0 Å². The van der Waals surface area contributed by atoms with Gasteiger partial charge in [0.2, 0.25) is 0 Å². The zero-order valence-electron chi connectivity index (χ0n) is 19.1. The summed E-state index contributed by atoms with van der Waals surface area (Å²) in [6.07, 6.45) is 17.6. The van der Waals surface area contributed by atoms with Crippen molar-refractivity contribution in [3.05, 3.63) is 33.6 Å². The molecule has 0 fully saturated rings. The molecule has 0 radical (unpaired) electrons. The molecule has 0 bridgehead atoms. The van der Waals surface area contributed by atoms with Gasteiger partial charge < -0.3 is 5.11 Å². The van der Waals surface area contributed by atoms with Crippen LogP contribution >= 0.6 is 11.8 Å². The summed E-state index contributed by atoms with van der Waals surface area (Å²) in [5, 5.41) is 11.2. The van der Waals surface area contributed by atoms with Crippen LogP contribution in [0.5, 0.6) is 0 Å². The fourth-order valence-electron chi connectivity index (χ4n) is 4.63. The minimum absolute atomic E-state index is 0.107. The molecule has 2 aliphatic rings. The first kappa shape index (κ1) is 24.5. The zero-order chi connectivity index (χ0) is 21.2. The monoisotopic (exact) mass is 418 g/mol. The average Bonchev–Trinajstić information content (AvgIpc) is 2.89. The molecule has 0 aromatic rings. The first-order chi connectivity index (χ1) is 14.0. The van der Waals surface area contributed by atoms with Gasteiger partial charge in [-0.3, -0.25) is 4.79 Å². The highest BCUT2D eigenvalue weighted by Crippen LogP contribution is 2.41. The van der Waals surface area contributed by atoms with Crippen molar-refractivity contribution in [3.8, 4) is 0 Å².